The highest BCUT2D eigenvalue weighted by Gasteiger charge is 2.17. The molecule has 18 heavy (non-hydrogen) atoms. The number of H-pyrrole nitrogens is 1. The third kappa shape index (κ3) is 1.56. The molecule has 3 rings (SSSR count). The zero-order chi connectivity index (χ0) is 12.7. The van der Waals surface area contributed by atoms with Gasteiger partial charge >= 0.3 is 0 Å². The molecule has 0 unspecified atom stereocenters. The number of aliphatic hydroxyl groups is 1. The van der Waals surface area contributed by atoms with Crippen LogP contribution < -0.4 is 5.73 Å². The highest BCUT2D eigenvalue weighted by molar-refractivity contribution is 6.35. The number of hydrogen-bond acceptors (Lipinski definition) is 4. The van der Waals surface area contributed by atoms with Crippen molar-refractivity contribution in [3.05, 3.63) is 35.2 Å². The van der Waals surface area contributed by atoms with E-state index in [4.69, 9.17) is 21.8 Å². The van der Waals surface area contributed by atoms with Crippen molar-refractivity contribution in [2.45, 2.75) is 6.61 Å². The molecule has 0 aliphatic carbocycles. The summed E-state index contributed by atoms with van der Waals surface area (Å²) in [5.41, 5.74) is 8.20. The molecular formula is C12H10ClN3O2. The van der Waals surface area contributed by atoms with Gasteiger partial charge in [-0.1, -0.05) is 23.7 Å². The van der Waals surface area contributed by atoms with Gasteiger partial charge in [0.05, 0.1) is 22.8 Å². The summed E-state index contributed by atoms with van der Waals surface area (Å²) in [6.07, 6.45) is 1.46. The van der Waals surface area contributed by atoms with Crippen LogP contribution in [0.15, 0.2) is 28.9 Å². The number of nitrogen functional groups attached to an aromatic ring is 1. The molecule has 0 bridgehead atoms. The molecule has 0 aliphatic heterocycles. The third-order valence-electron chi connectivity index (χ3n) is 2.80. The maximum atomic E-state index is 9.41. The van der Waals surface area contributed by atoms with Crippen LogP contribution in [0.1, 0.15) is 5.69 Å². The van der Waals surface area contributed by atoms with Crippen molar-refractivity contribution in [2.75, 3.05) is 5.73 Å². The molecule has 1 aromatic carbocycles. The fraction of sp³-hybridized carbons (Fsp3) is 0.0833. The molecule has 3 aromatic rings. The zero-order valence-corrected chi connectivity index (χ0v) is 10.0. The lowest BCUT2D eigenvalue weighted by Crippen LogP contribution is -1.88. The predicted molar refractivity (Wildman–Crippen MR) is 69.1 cm³/mol. The summed E-state index contributed by atoms with van der Waals surface area (Å²) in [6.45, 7) is -0.146. The standard InChI is InChI=1S/C12H10ClN3O2/c13-7-3-1-2-6-10(8(4-17)15-11(6)7)9-5-18-12(14)16-9/h1-3,5,15,17H,4H2,(H2,14,16). The quantitative estimate of drug-likeness (QED) is 0.663. The number of nitrogens with one attached hydrogen (secondary N) is 1. The molecule has 2 heterocycles. The fourth-order valence-corrected chi connectivity index (χ4v) is 2.27. The van der Waals surface area contributed by atoms with Crippen LogP contribution in [0.2, 0.25) is 5.02 Å². The third-order valence-corrected chi connectivity index (χ3v) is 3.11. The Morgan fingerprint density at radius 1 is 1.44 bits per heavy atom. The van der Waals surface area contributed by atoms with Crippen molar-refractivity contribution < 1.29 is 9.52 Å². The first-order valence-corrected chi connectivity index (χ1v) is 5.70. The van der Waals surface area contributed by atoms with E-state index < -0.39 is 0 Å². The summed E-state index contributed by atoms with van der Waals surface area (Å²) >= 11 is 6.11. The molecule has 0 fully saturated rings. The number of benzene rings is 1. The number of nitrogens with two attached hydrogens (primary N) is 1. The number of aromatic nitrogens is 2. The Morgan fingerprint density at radius 3 is 2.94 bits per heavy atom. The minimum atomic E-state index is -0.146. The molecule has 0 spiro atoms. The lowest BCUT2D eigenvalue weighted by atomic mass is 10.1. The molecule has 5 nitrogen and oxygen atoms in total. The molecule has 0 saturated carbocycles. The lowest BCUT2D eigenvalue weighted by Gasteiger charge is -1.97. The van der Waals surface area contributed by atoms with E-state index in [1.807, 2.05) is 12.1 Å². The SMILES string of the molecule is Nc1nc(-c2c(CO)[nH]c3c(Cl)cccc23)co1. The maximum absolute atomic E-state index is 9.41. The monoisotopic (exact) mass is 263 g/mol. The molecule has 0 aliphatic rings. The van der Waals surface area contributed by atoms with Gasteiger partial charge in [0.25, 0.3) is 6.01 Å². The van der Waals surface area contributed by atoms with Crippen molar-refractivity contribution in [2.24, 2.45) is 0 Å². The van der Waals surface area contributed by atoms with E-state index in [2.05, 4.69) is 9.97 Å². The summed E-state index contributed by atoms with van der Waals surface area (Å²) in [6, 6.07) is 5.61. The second-order valence-electron chi connectivity index (χ2n) is 3.87. The summed E-state index contributed by atoms with van der Waals surface area (Å²) in [4.78, 5) is 7.16. The van der Waals surface area contributed by atoms with Crippen LogP contribution in [-0.2, 0) is 6.61 Å². The zero-order valence-electron chi connectivity index (χ0n) is 9.27. The van der Waals surface area contributed by atoms with Gasteiger partial charge in [-0.2, -0.15) is 4.98 Å². The Morgan fingerprint density at radius 2 is 2.28 bits per heavy atom. The van der Waals surface area contributed by atoms with Crippen LogP contribution in [0.4, 0.5) is 6.01 Å². The van der Waals surface area contributed by atoms with E-state index >= 15 is 0 Å². The average Bonchev–Trinajstić information content (AvgIpc) is 2.93. The van der Waals surface area contributed by atoms with E-state index in [1.54, 1.807) is 6.07 Å². The lowest BCUT2D eigenvalue weighted by molar-refractivity contribution is 0.278. The van der Waals surface area contributed by atoms with Crippen molar-refractivity contribution in [1.29, 1.82) is 0 Å². The van der Waals surface area contributed by atoms with Gasteiger partial charge in [0, 0.05) is 10.9 Å². The van der Waals surface area contributed by atoms with Crippen LogP contribution in [0.3, 0.4) is 0 Å². The number of hydrogen-bond donors (Lipinski definition) is 3. The highest BCUT2D eigenvalue weighted by Crippen LogP contribution is 2.35. The average molecular weight is 264 g/mol. The number of rotatable bonds is 2. The normalized spacial score (nSPS) is 11.2. The van der Waals surface area contributed by atoms with Gasteiger partial charge in [0.15, 0.2) is 0 Å². The first kappa shape index (κ1) is 11.1. The number of anilines is 1. The van der Waals surface area contributed by atoms with Crippen LogP contribution in [-0.4, -0.2) is 15.1 Å². The van der Waals surface area contributed by atoms with Crippen molar-refractivity contribution in [1.82, 2.24) is 9.97 Å². The summed E-state index contributed by atoms with van der Waals surface area (Å²) in [7, 11) is 0. The molecule has 0 radical (unpaired) electrons. The molecule has 92 valence electrons. The van der Waals surface area contributed by atoms with Crippen molar-refractivity contribution in [3.63, 3.8) is 0 Å². The number of fused-ring (bicyclic) bond motifs is 1. The number of para-hydroxylation sites is 1. The number of oxazole rings is 1. The van der Waals surface area contributed by atoms with Gasteiger partial charge in [0.2, 0.25) is 0 Å². The molecular weight excluding hydrogens is 254 g/mol. The van der Waals surface area contributed by atoms with Gasteiger partial charge < -0.3 is 20.2 Å². The van der Waals surface area contributed by atoms with Gasteiger partial charge in [0.1, 0.15) is 12.0 Å². The number of halogens is 1. The summed E-state index contributed by atoms with van der Waals surface area (Å²) in [5, 5.41) is 10.9. The van der Waals surface area contributed by atoms with E-state index in [0.717, 1.165) is 16.5 Å². The topological polar surface area (TPSA) is 88.1 Å². The number of aliphatic hydroxyl groups excluding tert-OH is 1. The van der Waals surface area contributed by atoms with Gasteiger partial charge in [-0.25, -0.2) is 0 Å². The molecule has 0 saturated heterocycles. The second kappa shape index (κ2) is 4.04. The molecule has 0 atom stereocenters. The minimum Gasteiger partial charge on any atom is -0.432 e. The summed E-state index contributed by atoms with van der Waals surface area (Å²) in [5.74, 6) is 0. The van der Waals surface area contributed by atoms with Crippen molar-refractivity contribution >= 4 is 28.5 Å². The van der Waals surface area contributed by atoms with E-state index in [9.17, 15) is 5.11 Å². The Labute approximate surface area is 107 Å². The van der Waals surface area contributed by atoms with Crippen LogP contribution in [0, 0.1) is 0 Å². The van der Waals surface area contributed by atoms with Crippen molar-refractivity contribution in [3.8, 4) is 11.3 Å². The Hall–Kier alpha value is -1.98. The Kier molecular flexibility index (Phi) is 2.50. The maximum Gasteiger partial charge on any atom is 0.292 e. The first-order valence-electron chi connectivity index (χ1n) is 5.32. The number of aromatic amines is 1. The predicted octanol–water partition coefficient (Wildman–Crippen LogP) is 2.55. The van der Waals surface area contributed by atoms with Crippen LogP contribution >= 0.6 is 11.6 Å². The molecule has 4 N–H and O–H groups in total. The minimum absolute atomic E-state index is 0.0882. The number of nitrogens with zero attached hydrogens (tertiary/aromatic N) is 1. The van der Waals surface area contributed by atoms with Crippen LogP contribution in [0.5, 0.6) is 0 Å². The van der Waals surface area contributed by atoms with E-state index in [1.165, 1.54) is 6.26 Å². The van der Waals surface area contributed by atoms with Gasteiger partial charge in [-0.3, -0.25) is 0 Å². The molecule has 2 aromatic heterocycles. The largest absolute Gasteiger partial charge is 0.432 e. The van der Waals surface area contributed by atoms with Gasteiger partial charge in [-0.05, 0) is 6.07 Å². The highest BCUT2D eigenvalue weighted by atomic mass is 35.5. The molecule has 0 amide bonds. The van der Waals surface area contributed by atoms with E-state index in [-0.39, 0.29) is 12.6 Å². The molecule has 6 heteroatoms. The second-order valence-corrected chi connectivity index (χ2v) is 4.28. The Balaban J connectivity index is 2.36. The first-order chi connectivity index (χ1) is 8.70. The smallest absolute Gasteiger partial charge is 0.292 e. The fourth-order valence-electron chi connectivity index (χ4n) is 2.05. The van der Waals surface area contributed by atoms with E-state index in [0.29, 0.717) is 16.4 Å². The van der Waals surface area contributed by atoms with Crippen LogP contribution in [0.25, 0.3) is 22.2 Å². The Bertz CT molecular complexity index is 717. The van der Waals surface area contributed by atoms with Gasteiger partial charge in [-0.15, -0.1) is 0 Å². The summed E-state index contributed by atoms with van der Waals surface area (Å²) < 4.78 is 5.01.